The molecule has 0 amide bonds. The Morgan fingerprint density at radius 3 is 2.11 bits per heavy atom. The second-order valence-corrected chi connectivity index (χ2v) is 13.1. The highest BCUT2D eigenvalue weighted by Gasteiger charge is 2.23. The lowest BCUT2D eigenvalue weighted by Crippen LogP contribution is -2.23. The monoisotopic (exact) mass is 418 g/mol. The van der Waals surface area contributed by atoms with Gasteiger partial charge in [0.25, 0.3) is 0 Å². The summed E-state index contributed by atoms with van der Waals surface area (Å²) in [6, 6.07) is 2.46. The van der Waals surface area contributed by atoms with Gasteiger partial charge in [0.15, 0.2) is 13.6 Å². The maximum atomic E-state index is 12.7. The average Bonchev–Trinajstić information content (AvgIpc) is 2.58. The summed E-state index contributed by atoms with van der Waals surface area (Å²) in [6.45, 7) is 13.6. The average molecular weight is 419 g/mol. The third-order valence-electron chi connectivity index (χ3n) is 3.72. The first kappa shape index (κ1) is 23.8. The van der Waals surface area contributed by atoms with E-state index in [1.54, 1.807) is 13.0 Å². The largest absolute Gasteiger partial charge is 0.466 e. The van der Waals surface area contributed by atoms with Crippen LogP contribution in [-0.2, 0) is 14.2 Å². The maximum Gasteiger partial charge on any atom is 0.342 e. The molecule has 0 bridgehead atoms. The molecule has 0 saturated carbocycles. The number of rotatable bonds is 12. The van der Waals surface area contributed by atoms with E-state index < -0.39 is 14.0 Å². The molecule has 0 aliphatic rings. The number of ether oxygens (including phenoxy) is 5. The molecule has 1 aromatic rings. The van der Waals surface area contributed by atoms with Crippen LogP contribution in [0.15, 0.2) is 6.07 Å². The molecule has 27 heavy (non-hydrogen) atoms. The van der Waals surface area contributed by atoms with E-state index in [1.807, 2.05) is 13.8 Å². The number of benzene rings is 1. The maximum absolute atomic E-state index is 12.7. The summed E-state index contributed by atoms with van der Waals surface area (Å²) in [5.41, 5.74) is 0.828. The quantitative estimate of drug-likeness (QED) is 0.208. The van der Waals surface area contributed by atoms with Crippen LogP contribution in [0.25, 0.3) is 0 Å². The van der Waals surface area contributed by atoms with Crippen LogP contribution < -0.4 is 9.47 Å². The van der Waals surface area contributed by atoms with Crippen molar-refractivity contribution in [2.75, 3.05) is 33.4 Å². The second kappa shape index (κ2) is 11.5. The highest BCUT2D eigenvalue weighted by Crippen LogP contribution is 2.37. The number of esters is 1. The molecule has 0 heterocycles. The Labute approximate surface area is 168 Å². The lowest BCUT2D eigenvalue weighted by Gasteiger charge is -2.26. The van der Waals surface area contributed by atoms with Gasteiger partial charge in [-0.15, -0.1) is 14.1 Å². The van der Waals surface area contributed by atoms with Gasteiger partial charge in [-0.3, -0.25) is 0 Å². The lowest BCUT2D eigenvalue weighted by molar-refractivity contribution is 0.0172. The van der Waals surface area contributed by atoms with Gasteiger partial charge in [0.1, 0.15) is 17.1 Å². The Morgan fingerprint density at radius 2 is 1.59 bits per heavy atom. The summed E-state index contributed by atoms with van der Waals surface area (Å²) in [6.07, 6.45) is 0. The molecule has 0 aromatic heterocycles. The van der Waals surface area contributed by atoms with E-state index in [9.17, 15) is 4.79 Å². The van der Waals surface area contributed by atoms with Crippen molar-refractivity contribution in [2.45, 2.75) is 46.5 Å². The third kappa shape index (κ3) is 8.09. The SMILES string of the molecule is CCOCOc1cc(OCOCC)c(C(=O)OCC[Si-](C)(C)C)c(C)c1Cl. The molecule has 1 aromatic carbocycles. The summed E-state index contributed by atoms with van der Waals surface area (Å²) in [7, 11) is -1.31. The van der Waals surface area contributed by atoms with Gasteiger partial charge in [0, 0.05) is 19.3 Å². The van der Waals surface area contributed by atoms with Crippen LogP contribution in [0, 0.1) is 6.92 Å². The first-order chi connectivity index (χ1) is 12.7. The Hall–Kier alpha value is -1.28. The predicted octanol–water partition coefficient (Wildman–Crippen LogP) is 4.89. The van der Waals surface area contributed by atoms with Crippen LogP contribution in [0.3, 0.4) is 0 Å². The Balaban J connectivity index is 3.07. The van der Waals surface area contributed by atoms with Crippen molar-refractivity contribution in [2.24, 2.45) is 0 Å². The van der Waals surface area contributed by atoms with Gasteiger partial charge in [-0.05, 0) is 26.3 Å². The van der Waals surface area contributed by atoms with Crippen molar-refractivity contribution < 1.29 is 28.5 Å². The Morgan fingerprint density at radius 1 is 1.04 bits per heavy atom. The van der Waals surface area contributed by atoms with Gasteiger partial charge in [-0.25, -0.2) is 4.79 Å². The zero-order valence-electron chi connectivity index (χ0n) is 17.1. The van der Waals surface area contributed by atoms with Crippen LogP contribution in [-0.4, -0.2) is 47.4 Å². The zero-order valence-corrected chi connectivity index (χ0v) is 18.9. The smallest absolute Gasteiger partial charge is 0.342 e. The Kier molecular flexibility index (Phi) is 10.1. The van der Waals surface area contributed by atoms with Crippen LogP contribution in [0.1, 0.15) is 29.8 Å². The van der Waals surface area contributed by atoms with Crippen molar-refractivity contribution in [1.29, 1.82) is 0 Å². The van der Waals surface area contributed by atoms with E-state index in [-0.39, 0.29) is 13.6 Å². The van der Waals surface area contributed by atoms with Gasteiger partial charge in [-0.1, -0.05) is 11.6 Å². The summed E-state index contributed by atoms with van der Waals surface area (Å²) in [5, 5.41) is 0.329. The number of carbonyl (C=O) groups is 1. The highest BCUT2D eigenvalue weighted by atomic mass is 35.5. The molecule has 1 rings (SSSR count). The van der Waals surface area contributed by atoms with E-state index >= 15 is 0 Å². The Bertz CT molecular complexity index is 615. The van der Waals surface area contributed by atoms with E-state index in [0.29, 0.717) is 47.5 Å². The van der Waals surface area contributed by atoms with Gasteiger partial charge < -0.3 is 23.7 Å². The van der Waals surface area contributed by atoms with Crippen LogP contribution in [0.2, 0.25) is 30.7 Å². The number of hydrogen-bond donors (Lipinski definition) is 0. The molecule has 0 spiro atoms. The normalized spacial score (nSPS) is 11.4. The van der Waals surface area contributed by atoms with E-state index in [2.05, 4.69) is 19.6 Å². The number of carbonyl (C=O) groups excluding carboxylic acids is 1. The fourth-order valence-corrected chi connectivity index (χ4v) is 3.02. The molecule has 0 saturated heterocycles. The molecule has 155 valence electrons. The van der Waals surface area contributed by atoms with Gasteiger partial charge in [-0.2, -0.15) is 19.6 Å². The van der Waals surface area contributed by atoms with Gasteiger partial charge in [0.05, 0.1) is 11.6 Å². The van der Waals surface area contributed by atoms with E-state index in [0.717, 1.165) is 6.04 Å². The molecule has 0 aliphatic carbocycles. The van der Waals surface area contributed by atoms with Gasteiger partial charge in [0.2, 0.25) is 0 Å². The highest BCUT2D eigenvalue weighted by molar-refractivity contribution is 6.76. The first-order valence-electron chi connectivity index (χ1n) is 9.12. The molecule has 0 radical (unpaired) electrons. The molecule has 0 atom stereocenters. The van der Waals surface area contributed by atoms with Crippen molar-refractivity contribution in [3.8, 4) is 11.5 Å². The van der Waals surface area contributed by atoms with Crippen molar-refractivity contribution in [1.82, 2.24) is 0 Å². The summed E-state index contributed by atoms with van der Waals surface area (Å²) in [4.78, 5) is 12.7. The standard InChI is InChI=1S/C19H31ClO6Si/c1-7-22-12-25-15-11-16(26-13-23-8-2)18(20)14(3)17(15)19(21)24-9-10-27(4,5)6/h11H,7-10,12-13H2,1-6H3/q-1. The fraction of sp³-hybridized carbons (Fsp3) is 0.632. The topological polar surface area (TPSA) is 63.2 Å². The molecule has 0 N–H and O–H groups in total. The van der Waals surface area contributed by atoms with Crippen LogP contribution in [0.4, 0.5) is 0 Å². The van der Waals surface area contributed by atoms with Crippen LogP contribution >= 0.6 is 11.6 Å². The minimum absolute atomic E-state index is 0.0116. The molecular weight excluding hydrogens is 388 g/mol. The molecule has 0 aliphatic heterocycles. The zero-order chi connectivity index (χ0) is 20.4. The summed E-state index contributed by atoms with van der Waals surface area (Å²) >= 11 is 6.39. The predicted molar refractivity (Wildman–Crippen MR) is 109 cm³/mol. The second-order valence-electron chi connectivity index (χ2n) is 7.14. The van der Waals surface area contributed by atoms with E-state index in [1.165, 1.54) is 0 Å². The minimum Gasteiger partial charge on any atom is -0.466 e. The minimum atomic E-state index is -1.31. The van der Waals surface area contributed by atoms with E-state index in [4.69, 9.17) is 35.3 Å². The van der Waals surface area contributed by atoms with Crippen LogP contribution in [0.5, 0.6) is 11.5 Å². The molecule has 6 nitrogen and oxygen atoms in total. The molecule has 0 fully saturated rings. The molecule has 0 unspecified atom stereocenters. The lowest BCUT2D eigenvalue weighted by atomic mass is 10.1. The fourth-order valence-electron chi connectivity index (χ4n) is 2.11. The number of halogens is 1. The number of hydrogen-bond acceptors (Lipinski definition) is 6. The summed E-state index contributed by atoms with van der Waals surface area (Å²) in [5.74, 6) is 0.234. The summed E-state index contributed by atoms with van der Waals surface area (Å²) < 4.78 is 27.1. The molecule has 8 heteroatoms. The van der Waals surface area contributed by atoms with Crippen molar-refractivity contribution in [3.05, 3.63) is 22.2 Å². The first-order valence-corrected chi connectivity index (χ1v) is 13.2. The van der Waals surface area contributed by atoms with Gasteiger partial charge >= 0.3 is 5.97 Å². The molecular formula is C19H31ClO6Si-. The van der Waals surface area contributed by atoms with Crippen molar-refractivity contribution >= 4 is 25.6 Å². The third-order valence-corrected chi connectivity index (χ3v) is 5.90. The van der Waals surface area contributed by atoms with Crippen molar-refractivity contribution in [3.63, 3.8) is 0 Å².